The van der Waals surface area contributed by atoms with E-state index >= 15 is 0 Å². The lowest BCUT2D eigenvalue weighted by atomic mass is 10.0. The fraction of sp³-hybridized carbons (Fsp3) is 0.364. The average Bonchev–Trinajstić information content (AvgIpc) is 2.56. The van der Waals surface area contributed by atoms with Crippen LogP contribution in [-0.4, -0.2) is 12.6 Å². The molecule has 74 valence electrons. The first-order valence-corrected chi connectivity index (χ1v) is 4.68. The summed E-state index contributed by atoms with van der Waals surface area (Å²) < 4.78 is 5.13. The summed E-state index contributed by atoms with van der Waals surface area (Å²) in [5.74, 6) is 0. The second kappa shape index (κ2) is 3.33. The zero-order valence-corrected chi connectivity index (χ0v) is 8.33. The third-order valence-electron chi connectivity index (χ3n) is 2.46. The van der Waals surface area contributed by atoms with Crippen molar-refractivity contribution < 1.29 is 9.53 Å². The van der Waals surface area contributed by atoms with Crippen molar-refractivity contribution in [3.8, 4) is 0 Å². The Labute approximate surface area is 83.1 Å². The molecule has 0 aliphatic carbocycles. The van der Waals surface area contributed by atoms with Crippen LogP contribution >= 0.6 is 0 Å². The maximum Gasteiger partial charge on any atom is 0.407 e. The maximum atomic E-state index is 10.9. The van der Waals surface area contributed by atoms with Crippen molar-refractivity contribution in [3.05, 3.63) is 34.9 Å². The highest BCUT2D eigenvalue weighted by Gasteiger charge is 2.25. The van der Waals surface area contributed by atoms with Gasteiger partial charge in [-0.3, -0.25) is 0 Å². The molecule has 3 nitrogen and oxygen atoms in total. The van der Waals surface area contributed by atoms with Gasteiger partial charge in [0.1, 0.15) is 6.10 Å². The third-order valence-corrected chi connectivity index (χ3v) is 2.46. The Morgan fingerprint density at radius 3 is 2.86 bits per heavy atom. The molecule has 0 bridgehead atoms. The molecule has 1 saturated heterocycles. The SMILES string of the molecule is Cc1ccc(C)c(C2CNC(=O)O2)c1. The average molecular weight is 191 g/mol. The number of alkyl carbamates (subject to hydrolysis) is 1. The number of rotatable bonds is 1. The van der Waals surface area contributed by atoms with E-state index in [-0.39, 0.29) is 12.2 Å². The van der Waals surface area contributed by atoms with Gasteiger partial charge in [-0.05, 0) is 25.0 Å². The molecule has 0 saturated carbocycles. The zero-order valence-electron chi connectivity index (χ0n) is 8.33. The molecule has 1 fully saturated rings. The molecule has 1 aromatic carbocycles. The molecule has 1 unspecified atom stereocenters. The fourth-order valence-corrected chi connectivity index (χ4v) is 1.67. The van der Waals surface area contributed by atoms with Crippen LogP contribution in [0.25, 0.3) is 0 Å². The van der Waals surface area contributed by atoms with Crippen molar-refractivity contribution in [2.45, 2.75) is 20.0 Å². The predicted molar refractivity (Wildman–Crippen MR) is 53.1 cm³/mol. The highest BCUT2D eigenvalue weighted by Crippen LogP contribution is 2.24. The van der Waals surface area contributed by atoms with Crippen molar-refractivity contribution in [2.75, 3.05) is 6.54 Å². The van der Waals surface area contributed by atoms with Gasteiger partial charge in [-0.15, -0.1) is 0 Å². The van der Waals surface area contributed by atoms with Crippen molar-refractivity contribution in [1.29, 1.82) is 0 Å². The van der Waals surface area contributed by atoms with Gasteiger partial charge in [-0.1, -0.05) is 23.8 Å². The molecule has 1 atom stereocenters. The van der Waals surface area contributed by atoms with E-state index in [2.05, 4.69) is 23.5 Å². The monoisotopic (exact) mass is 191 g/mol. The summed E-state index contributed by atoms with van der Waals surface area (Å²) in [5.41, 5.74) is 3.45. The number of cyclic esters (lactones) is 1. The number of carbonyl (C=O) groups excluding carboxylic acids is 1. The van der Waals surface area contributed by atoms with E-state index in [1.165, 1.54) is 5.56 Å². The highest BCUT2D eigenvalue weighted by atomic mass is 16.6. The minimum absolute atomic E-state index is 0.123. The Morgan fingerprint density at radius 2 is 2.21 bits per heavy atom. The van der Waals surface area contributed by atoms with E-state index in [1.54, 1.807) is 0 Å². The number of ether oxygens (including phenoxy) is 1. The van der Waals surface area contributed by atoms with Crippen LogP contribution in [0.5, 0.6) is 0 Å². The minimum Gasteiger partial charge on any atom is -0.439 e. The van der Waals surface area contributed by atoms with Gasteiger partial charge in [0.05, 0.1) is 6.54 Å². The second-order valence-electron chi connectivity index (χ2n) is 3.63. The molecule has 0 spiro atoms. The molecule has 1 aromatic rings. The topological polar surface area (TPSA) is 38.3 Å². The molecule has 1 aliphatic heterocycles. The summed E-state index contributed by atoms with van der Waals surface area (Å²) in [5, 5.41) is 2.65. The fourth-order valence-electron chi connectivity index (χ4n) is 1.67. The van der Waals surface area contributed by atoms with Crippen LogP contribution in [0.3, 0.4) is 0 Å². The molecule has 1 heterocycles. The molecule has 1 amide bonds. The third kappa shape index (κ3) is 1.58. The lowest BCUT2D eigenvalue weighted by Crippen LogP contribution is -2.12. The van der Waals surface area contributed by atoms with Crippen molar-refractivity contribution in [3.63, 3.8) is 0 Å². The van der Waals surface area contributed by atoms with Crippen LogP contribution in [0.2, 0.25) is 0 Å². The highest BCUT2D eigenvalue weighted by molar-refractivity contribution is 5.69. The van der Waals surface area contributed by atoms with Crippen LogP contribution in [0.15, 0.2) is 18.2 Å². The first-order valence-electron chi connectivity index (χ1n) is 4.68. The summed E-state index contributed by atoms with van der Waals surface area (Å²) in [6, 6.07) is 6.18. The Kier molecular flexibility index (Phi) is 2.15. The molecule has 0 aromatic heterocycles. The van der Waals surface area contributed by atoms with Gasteiger partial charge in [0.2, 0.25) is 0 Å². The summed E-state index contributed by atoms with van der Waals surface area (Å²) in [6.45, 7) is 4.64. The van der Waals surface area contributed by atoms with Crippen LogP contribution in [0.1, 0.15) is 22.8 Å². The van der Waals surface area contributed by atoms with Crippen LogP contribution in [-0.2, 0) is 4.74 Å². The zero-order chi connectivity index (χ0) is 10.1. The van der Waals surface area contributed by atoms with Crippen molar-refractivity contribution >= 4 is 6.09 Å². The lowest BCUT2D eigenvalue weighted by Gasteiger charge is -2.11. The summed E-state index contributed by atoms with van der Waals surface area (Å²) in [6.07, 6.45) is -0.446. The van der Waals surface area contributed by atoms with E-state index in [0.29, 0.717) is 6.54 Å². The van der Waals surface area contributed by atoms with Gasteiger partial charge < -0.3 is 10.1 Å². The number of amides is 1. The number of carbonyl (C=O) groups is 1. The second-order valence-corrected chi connectivity index (χ2v) is 3.63. The quantitative estimate of drug-likeness (QED) is 0.738. The number of hydrogen-bond acceptors (Lipinski definition) is 2. The van der Waals surface area contributed by atoms with Crippen molar-refractivity contribution in [1.82, 2.24) is 5.32 Å². The van der Waals surface area contributed by atoms with Gasteiger partial charge in [0.25, 0.3) is 0 Å². The Balaban J connectivity index is 2.31. The lowest BCUT2D eigenvalue weighted by molar-refractivity contribution is 0.141. The molecule has 1 aliphatic rings. The van der Waals surface area contributed by atoms with E-state index < -0.39 is 0 Å². The predicted octanol–water partition coefficient (Wildman–Crippen LogP) is 2.08. The molecule has 14 heavy (non-hydrogen) atoms. The van der Waals surface area contributed by atoms with Crippen LogP contribution in [0, 0.1) is 13.8 Å². The van der Waals surface area contributed by atoms with E-state index in [1.807, 2.05) is 13.8 Å². The number of benzene rings is 1. The Bertz CT molecular complexity index is 374. The summed E-state index contributed by atoms with van der Waals surface area (Å²) in [4.78, 5) is 10.9. The molecule has 2 rings (SSSR count). The van der Waals surface area contributed by atoms with Gasteiger partial charge in [0.15, 0.2) is 0 Å². The largest absolute Gasteiger partial charge is 0.439 e. The smallest absolute Gasteiger partial charge is 0.407 e. The summed E-state index contributed by atoms with van der Waals surface area (Å²) >= 11 is 0. The first-order chi connectivity index (χ1) is 6.66. The Hall–Kier alpha value is -1.51. The molecule has 3 heteroatoms. The first kappa shape index (κ1) is 9.06. The number of nitrogens with one attached hydrogen (secondary N) is 1. The number of aryl methyl sites for hydroxylation is 2. The molecular weight excluding hydrogens is 178 g/mol. The van der Waals surface area contributed by atoms with E-state index in [4.69, 9.17) is 4.74 Å². The minimum atomic E-state index is -0.323. The Morgan fingerprint density at radius 1 is 1.43 bits per heavy atom. The van der Waals surface area contributed by atoms with Crippen LogP contribution < -0.4 is 5.32 Å². The normalized spacial score (nSPS) is 20.4. The molecular formula is C11H13NO2. The van der Waals surface area contributed by atoms with Gasteiger partial charge in [-0.2, -0.15) is 0 Å². The van der Waals surface area contributed by atoms with E-state index in [9.17, 15) is 4.79 Å². The molecule has 0 radical (unpaired) electrons. The van der Waals surface area contributed by atoms with Gasteiger partial charge in [-0.25, -0.2) is 4.79 Å². The van der Waals surface area contributed by atoms with Gasteiger partial charge >= 0.3 is 6.09 Å². The van der Waals surface area contributed by atoms with Gasteiger partial charge in [0, 0.05) is 0 Å². The summed E-state index contributed by atoms with van der Waals surface area (Å²) in [7, 11) is 0. The number of hydrogen-bond donors (Lipinski definition) is 1. The van der Waals surface area contributed by atoms with Crippen LogP contribution in [0.4, 0.5) is 4.79 Å². The van der Waals surface area contributed by atoms with E-state index in [0.717, 1.165) is 11.1 Å². The maximum absolute atomic E-state index is 10.9. The molecule has 1 N–H and O–H groups in total. The standard InChI is InChI=1S/C11H13NO2/c1-7-3-4-8(2)9(5-7)10-6-12-11(13)14-10/h3-5,10H,6H2,1-2H3,(H,12,13). The van der Waals surface area contributed by atoms with Crippen molar-refractivity contribution in [2.24, 2.45) is 0 Å².